The van der Waals surface area contributed by atoms with Crippen LogP contribution in [0.15, 0.2) is 29.3 Å². The maximum absolute atomic E-state index is 13.5. The summed E-state index contributed by atoms with van der Waals surface area (Å²) in [6, 6.07) is 3.19. The number of pyridine rings is 1. The molecule has 2 amide bonds. The topological polar surface area (TPSA) is 111 Å². The first-order valence-corrected chi connectivity index (χ1v) is 11.3. The van der Waals surface area contributed by atoms with E-state index < -0.39 is 5.56 Å². The number of hydrogen-bond acceptors (Lipinski definition) is 5. The van der Waals surface area contributed by atoms with Gasteiger partial charge in [0.05, 0.1) is 6.04 Å². The van der Waals surface area contributed by atoms with E-state index in [9.17, 15) is 14.4 Å². The zero-order chi connectivity index (χ0) is 23.4. The summed E-state index contributed by atoms with van der Waals surface area (Å²) in [5.41, 5.74) is 0.178. The fourth-order valence-electron chi connectivity index (χ4n) is 3.63. The summed E-state index contributed by atoms with van der Waals surface area (Å²) in [5, 5.41) is 5.81. The highest BCUT2D eigenvalue weighted by Gasteiger charge is 2.37. The summed E-state index contributed by atoms with van der Waals surface area (Å²) in [6.07, 6.45) is 7.07. The molecule has 32 heavy (non-hydrogen) atoms. The second kappa shape index (κ2) is 9.93. The van der Waals surface area contributed by atoms with Gasteiger partial charge in [0, 0.05) is 24.4 Å². The van der Waals surface area contributed by atoms with Crippen LogP contribution in [0.3, 0.4) is 0 Å². The molecule has 3 heterocycles. The molecular weight excluding hydrogens is 408 g/mol. The molecular formula is C23H33N6O3+. The molecule has 9 nitrogen and oxygen atoms in total. The molecule has 9 heteroatoms. The van der Waals surface area contributed by atoms with Crippen molar-refractivity contribution in [3.05, 3.63) is 40.4 Å². The predicted octanol–water partition coefficient (Wildman–Crippen LogP) is 2.69. The first kappa shape index (κ1) is 23.4. The number of hydrogen-bond donors (Lipinski definition) is 3. The number of aromatic nitrogens is 3. The Labute approximate surface area is 188 Å². The second-order valence-electron chi connectivity index (χ2n) is 8.64. The van der Waals surface area contributed by atoms with Gasteiger partial charge in [0.25, 0.3) is 11.5 Å². The first-order valence-electron chi connectivity index (χ1n) is 11.3. The molecule has 0 aliphatic carbocycles. The summed E-state index contributed by atoms with van der Waals surface area (Å²) >= 11 is 0. The lowest BCUT2D eigenvalue weighted by Gasteiger charge is -2.38. The van der Waals surface area contributed by atoms with Gasteiger partial charge in [0.15, 0.2) is 23.9 Å². The van der Waals surface area contributed by atoms with Crippen molar-refractivity contribution in [1.82, 2.24) is 9.97 Å². The van der Waals surface area contributed by atoms with Gasteiger partial charge >= 0.3 is 0 Å². The Morgan fingerprint density at radius 2 is 2.03 bits per heavy atom. The number of H-pyrrole nitrogens is 1. The molecule has 2 atom stereocenters. The lowest BCUT2D eigenvalue weighted by Crippen LogP contribution is -2.53. The van der Waals surface area contributed by atoms with Crippen LogP contribution in [0.25, 0.3) is 0 Å². The number of aromatic amines is 1. The lowest BCUT2D eigenvalue weighted by atomic mass is 10.0. The van der Waals surface area contributed by atoms with E-state index in [4.69, 9.17) is 0 Å². The second-order valence-corrected chi connectivity index (χ2v) is 8.64. The maximum Gasteiger partial charge on any atom is 0.278 e. The minimum absolute atomic E-state index is 0.0579. The van der Waals surface area contributed by atoms with Crippen molar-refractivity contribution in [3.63, 3.8) is 0 Å². The number of rotatable bonds is 7. The molecule has 1 aliphatic rings. The zero-order valence-corrected chi connectivity index (χ0v) is 19.4. The van der Waals surface area contributed by atoms with Gasteiger partial charge in [-0.2, -0.15) is 4.98 Å². The number of carbonyl (C=O) groups is 2. The number of carbonyl (C=O) groups excluding carboxylic acids is 2. The number of nitrogens with one attached hydrogen (secondary N) is 3. The van der Waals surface area contributed by atoms with E-state index in [1.807, 2.05) is 36.9 Å². The third kappa shape index (κ3) is 4.98. The fraction of sp³-hybridized carbons (Fsp3) is 0.522. The highest BCUT2D eigenvalue weighted by molar-refractivity contribution is 6.08. The van der Waals surface area contributed by atoms with Gasteiger partial charge in [-0.25, -0.2) is 4.57 Å². The van der Waals surface area contributed by atoms with Crippen molar-refractivity contribution in [2.75, 3.05) is 15.5 Å². The van der Waals surface area contributed by atoms with E-state index in [1.54, 1.807) is 19.9 Å². The molecule has 2 aromatic rings. The monoisotopic (exact) mass is 441 g/mol. The molecule has 0 radical (unpaired) electrons. The zero-order valence-electron chi connectivity index (χ0n) is 19.4. The quantitative estimate of drug-likeness (QED) is 0.452. The van der Waals surface area contributed by atoms with E-state index in [0.29, 0.717) is 5.56 Å². The van der Waals surface area contributed by atoms with Crippen LogP contribution in [0.5, 0.6) is 0 Å². The molecule has 0 fully saturated rings. The van der Waals surface area contributed by atoms with Crippen molar-refractivity contribution in [2.45, 2.75) is 72.5 Å². The Balaban J connectivity index is 1.96. The van der Waals surface area contributed by atoms with E-state index >= 15 is 0 Å². The maximum atomic E-state index is 13.5. The standard InChI is InChI=1S/C23H32N6O3/c1-6-7-8-11-28-12-9-10-17(13-28)22(32)29-16(5)15(4)24-19-18(29)21(31)27-23(25-19)26-20(30)14(2)3/h9-10,12-16H,6-8,11H2,1-5H3,(H2-,24,25,26,27,30,31)/p+1/t15-,16-/m0/s1. The van der Waals surface area contributed by atoms with Crippen LogP contribution in [0.2, 0.25) is 0 Å². The number of nitrogens with zero attached hydrogens (tertiary/aromatic N) is 3. The molecule has 0 saturated carbocycles. The molecule has 2 aromatic heterocycles. The molecule has 3 N–H and O–H groups in total. The van der Waals surface area contributed by atoms with Crippen LogP contribution in [0.1, 0.15) is 64.2 Å². The Bertz CT molecular complexity index is 1050. The third-order valence-corrected chi connectivity index (χ3v) is 5.74. The van der Waals surface area contributed by atoms with Gasteiger partial charge in [-0.15, -0.1) is 0 Å². The molecule has 3 rings (SSSR count). The van der Waals surface area contributed by atoms with E-state index in [0.717, 1.165) is 25.8 Å². The van der Waals surface area contributed by atoms with Gasteiger partial charge in [-0.1, -0.05) is 27.2 Å². The average molecular weight is 442 g/mol. The highest BCUT2D eigenvalue weighted by atomic mass is 16.2. The summed E-state index contributed by atoms with van der Waals surface area (Å²) in [4.78, 5) is 47.0. The smallest absolute Gasteiger partial charge is 0.278 e. The van der Waals surface area contributed by atoms with Gasteiger partial charge in [0.2, 0.25) is 11.9 Å². The molecule has 1 aliphatic heterocycles. The highest BCUT2D eigenvalue weighted by Crippen LogP contribution is 2.31. The van der Waals surface area contributed by atoms with Crippen LogP contribution < -0.4 is 25.7 Å². The van der Waals surface area contributed by atoms with Crippen molar-refractivity contribution >= 4 is 29.3 Å². The van der Waals surface area contributed by atoms with Crippen LogP contribution in [0, 0.1) is 5.92 Å². The molecule has 0 spiro atoms. The predicted molar refractivity (Wildman–Crippen MR) is 124 cm³/mol. The van der Waals surface area contributed by atoms with E-state index in [2.05, 4.69) is 27.5 Å². The summed E-state index contributed by atoms with van der Waals surface area (Å²) in [5.74, 6) is -0.442. The van der Waals surface area contributed by atoms with E-state index in [1.165, 1.54) is 4.90 Å². The number of amides is 2. The lowest BCUT2D eigenvalue weighted by molar-refractivity contribution is -0.697. The Morgan fingerprint density at radius 3 is 2.72 bits per heavy atom. The summed E-state index contributed by atoms with van der Waals surface area (Å²) in [7, 11) is 0. The number of anilines is 3. The Hall–Kier alpha value is -3.23. The third-order valence-electron chi connectivity index (χ3n) is 5.74. The largest absolute Gasteiger partial charge is 0.364 e. The van der Waals surface area contributed by atoms with Crippen LogP contribution in [-0.2, 0) is 11.3 Å². The minimum Gasteiger partial charge on any atom is -0.364 e. The van der Waals surface area contributed by atoms with E-state index in [-0.39, 0.29) is 47.3 Å². The molecule has 0 bridgehead atoms. The molecule has 172 valence electrons. The Morgan fingerprint density at radius 1 is 1.28 bits per heavy atom. The van der Waals surface area contributed by atoms with Crippen molar-refractivity contribution in [1.29, 1.82) is 0 Å². The fourth-order valence-corrected chi connectivity index (χ4v) is 3.63. The van der Waals surface area contributed by atoms with Crippen LogP contribution >= 0.6 is 0 Å². The molecule has 0 saturated heterocycles. The van der Waals surface area contributed by atoms with Crippen LogP contribution in [-0.4, -0.2) is 33.9 Å². The van der Waals surface area contributed by atoms with Gasteiger partial charge in [0.1, 0.15) is 12.1 Å². The number of unbranched alkanes of at least 4 members (excludes halogenated alkanes) is 2. The first-order chi connectivity index (χ1) is 15.2. The average Bonchev–Trinajstić information content (AvgIpc) is 2.75. The van der Waals surface area contributed by atoms with Gasteiger partial charge in [-0.3, -0.25) is 29.6 Å². The minimum atomic E-state index is -0.486. The summed E-state index contributed by atoms with van der Waals surface area (Å²) < 4.78 is 2.01. The van der Waals surface area contributed by atoms with Crippen molar-refractivity contribution < 1.29 is 14.2 Å². The van der Waals surface area contributed by atoms with Crippen molar-refractivity contribution in [3.8, 4) is 0 Å². The van der Waals surface area contributed by atoms with Crippen LogP contribution in [0.4, 0.5) is 17.5 Å². The Kier molecular flexibility index (Phi) is 7.27. The van der Waals surface area contributed by atoms with Gasteiger partial charge < -0.3 is 5.32 Å². The SMILES string of the molecule is CCCCC[n+]1cccc(C(=O)N2c3c(nc(NC(=O)C(C)C)[nH]c3=O)N[C@@H](C)[C@@H]2C)c1. The molecule has 0 aromatic carbocycles. The van der Waals surface area contributed by atoms with Crippen molar-refractivity contribution in [2.24, 2.45) is 5.92 Å². The number of aryl methyl sites for hydroxylation is 1. The normalized spacial score (nSPS) is 17.6. The molecule has 0 unspecified atom stereocenters. The summed E-state index contributed by atoms with van der Waals surface area (Å²) in [6.45, 7) is 10.3. The van der Waals surface area contributed by atoms with Gasteiger partial charge in [-0.05, 0) is 26.3 Å². The number of fused-ring (bicyclic) bond motifs is 1.